The molecular formula is C17H22Cl2N4O3. The topological polar surface area (TPSA) is 81.8 Å². The van der Waals surface area contributed by atoms with E-state index in [0.29, 0.717) is 24.7 Å². The molecular weight excluding hydrogens is 379 g/mol. The predicted molar refractivity (Wildman–Crippen MR) is 100 cm³/mol. The van der Waals surface area contributed by atoms with Gasteiger partial charge in [-0.2, -0.15) is 0 Å². The highest BCUT2D eigenvalue weighted by Gasteiger charge is 2.45. The number of carbonyl (C=O) groups is 3. The quantitative estimate of drug-likeness (QED) is 0.754. The van der Waals surface area contributed by atoms with Crippen molar-refractivity contribution >= 4 is 41.9 Å². The minimum atomic E-state index is -0.983. The number of benzene rings is 1. The zero-order valence-electron chi connectivity index (χ0n) is 14.6. The molecule has 1 aromatic rings. The summed E-state index contributed by atoms with van der Waals surface area (Å²) in [6.07, 6.45) is 0. The van der Waals surface area contributed by atoms with E-state index in [-0.39, 0.29) is 30.9 Å². The van der Waals surface area contributed by atoms with Gasteiger partial charge in [-0.3, -0.25) is 14.5 Å². The highest BCUT2D eigenvalue weighted by Crippen LogP contribution is 2.29. The number of halogens is 2. The fraction of sp³-hybridized carbons (Fsp3) is 0.471. The Morgan fingerprint density at radius 1 is 1.31 bits per heavy atom. The molecule has 3 rings (SSSR count). The molecule has 7 nitrogen and oxygen atoms in total. The first-order chi connectivity index (χ1) is 11.8. The number of hydrogen-bond acceptors (Lipinski definition) is 4. The number of imide groups is 1. The first-order valence-electron chi connectivity index (χ1n) is 8.20. The Morgan fingerprint density at radius 2 is 2.00 bits per heavy atom. The number of piperazine rings is 1. The lowest BCUT2D eigenvalue weighted by molar-refractivity contribution is -0.140. The maximum Gasteiger partial charge on any atom is 0.325 e. The van der Waals surface area contributed by atoms with Crippen LogP contribution in [-0.4, -0.2) is 59.4 Å². The number of amides is 4. The molecule has 4 amide bonds. The largest absolute Gasteiger partial charge is 0.331 e. The second kappa shape index (κ2) is 7.82. The maximum atomic E-state index is 12.8. The predicted octanol–water partition coefficient (Wildman–Crippen LogP) is 1.57. The van der Waals surface area contributed by atoms with Crippen LogP contribution >= 0.6 is 24.0 Å². The summed E-state index contributed by atoms with van der Waals surface area (Å²) in [6.45, 7) is 4.68. The van der Waals surface area contributed by atoms with Crippen molar-refractivity contribution in [2.24, 2.45) is 0 Å². The molecule has 2 N–H and O–H groups in total. The lowest BCUT2D eigenvalue weighted by atomic mass is 10.0. The Balaban J connectivity index is 0.00000243. The van der Waals surface area contributed by atoms with Gasteiger partial charge in [0.25, 0.3) is 5.91 Å². The molecule has 1 unspecified atom stereocenters. The van der Waals surface area contributed by atoms with Crippen molar-refractivity contribution in [3.05, 3.63) is 34.9 Å². The van der Waals surface area contributed by atoms with Crippen LogP contribution in [0.3, 0.4) is 0 Å². The summed E-state index contributed by atoms with van der Waals surface area (Å²) in [5, 5.41) is 6.43. The van der Waals surface area contributed by atoms with E-state index in [0.717, 1.165) is 10.5 Å². The van der Waals surface area contributed by atoms with Gasteiger partial charge in [-0.1, -0.05) is 29.8 Å². The standard InChI is InChI=1S/C17H21ClN4O3.ClH/c1-17(2)15(24)22(16(25)20-17)10-14(23)21-8-7-19-9-13(21)11-5-3-4-6-12(11)18;/h3-6,13,19H,7-10H2,1-2H3,(H,20,25);1H. The maximum absolute atomic E-state index is 12.8. The van der Waals surface area contributed by atoms with Gasteiger partial charge in [0.15, 0.2) is 0 Å². The van der Waals surface area contributed by atoms with E-state index in [4.69, 9.17) is 11.6 Å². The summed E-state index contributed by atoms with van der Waals surface area (Å²) in [5.41, 5.74) is -0.134. The third-order valence-corrected chi connectivity index (χ3v) is 4.91. The number of urea groups is 1. The van der Waals surface area contributed by atoms with Crippen LogP contribution in [0.5, 0.6) is 0 Å². The SMILES string of the molecule is CC1(C)NC(=O)N(CC(=O)N2CCNCC2c2ccccc2Cl)C1=O.Cl. The minimum absolute atomic E-state index is 0. The Morgan fingerprint density at radius 3 is 2.62 bits per heavy atom. The molecule has 0 aliphatic carbocycles. The average molecular weight is 401 g/mol. The molecule has 1 aromatic carbocycles. The van der Waals surface area contributed by atoms with E-state index in [1.54, 1.807) is 24.8 Å². The highest BCUT2D eigenvalue weighted by molar-refractivity contribution is 6.31. The van der Waals surface area contributed by atoms with Gasteiger partial charge < -0.3 is 15.5 Å². The van der Waals surface area contributed by atoms with Crippen molar-refractivity contribution in [2.45, 2.75) is 25.4 Å². The smallest absolute Gasteiger partial charge is 0.325 e. The first kappa shape index (κ1) is 20.5. The summed E-state index contributed by atoms with van der Waals surface area (Å²) >= 11 is 6.29. The molecule has 2 heterocycles. The second-order valence-corrected chi connectivity index (χ2v) is 7.18. The number of nitrogens with zero attached hydrogens (tertiary/aromatic N) is 2. The normalized spacial score (nSPS) is 22.0. The molecule has 142 valence electrons. The minimum Gasteiger partial charge on any atom is -0.331 e. The Kier molecular flexibility index (Phi) is 6.16. The van der Waals surface area contributed by atoms with Crippen molar-refractivity contribution in [1.82, 2.24) is 20.4 Å². The van der Waals surface area contributed by atoms with Crippen LogP contribution in [0, 0.1) is 0 Å². The number of hydrogen-bond donors (Lipinski definition) is 2. The van der Waals surface area contributed by atoms with Crippen LogP contribution in [-0.2, 0) is 9.59 Å². The summed E-state index contributed by atoms with van der Waals surface area (Å²) < 4.78 is 0. The van der Waals surface area contributed by atoms with E-state index < -0.39 is 17.5 Å². The van der Waals surface area contributed by atoms with Crippen LogP contribution in [0.2, 0.25) is 5.02 Å². The number of carbonyl (C=O) groups excluding carboxylic acids is 3. The van der Waals surface area contributed by atoms with Gasteiger partial charge in [-0.15, -0.1) is 12.4 Å². The highest BCUT2D eigenvalue weighted by atomic mass is 35.5. The van der Waals surface area contributed by atoms with Gasteiger partial charge in [0.05, 0.1) is 6.04 Å². The van der Waals surface area contributed by atoms with Crippen molar-refractivity contribution < 1.29 is 14.4 Å². The molecule has 2 saturated heterocycles. The van der Waals surface area contributed by atoms with Crippen molar-refractivity contribution in [2.75, 3.05) is 26.2 Å². The monoisotopic (exact) mass is 400 g/mol. The van der Waals surface area contributed by atoms with Crippen molar-refractivity contribution in [1.29, 1.82) is 0 Å². The molecule has 9 heteroatoms. The van der Waals surface area contributed by atoms with Crippen molar-refractivity contribution in [3.63, 3.8) is 0 Å². The van der Waals surface area contributed by atoms with Gasteiger partial charge in [-0.05, 0) is 25.5 Å². The average Bonchev–Trinajstić information content (AvgIpc) is 2.77. The van der Waals surface area contributed by atoms with Gasteiger partial charge in [-0.25, -0.2) is 4.79 Å². The Bertz CT molecular complexity index is 726. The van der Waals surface area contributed by atoms with Crippen LogP contribution in [0.1, 0.15) is 25.5 Å². The molecule has 1 atom stereocenters. The van der Waals surface area contributed by atoms with Crippen molar-refractivity contribution in [3.8, 4) is 0 Å². The molecule has 0 aromatic heterocycles. The van der Waals surface area contributed by atoms with Crippen LogP contribution in [0.4, 0.5) is 4.79 Å². The van der Waals surface area contributed by atoms with Gasteiger partial charge >= 0.3 is 6.03 Å². The number of nitrogens with one attached hydrogen (secondary N) is 2. The zero-order chi connectivity index (χ0) is 18.2. The van der Waals surface area contributed by atoms with E-state index in [1.165, 1.54) is 0 Å². The second-order valence-electron chi connectivity index (χ2n) is 6.78. The van der Waals surface area contributed by atoms with Gasteiger partial charge in [0, 0.05) is 24.7 Å². The summed E-state index contributed by atoms with van der Waals surface area (Å²) in [4.78, 5) is 39.8. The zero-order valence-corrected chi connectivity index (χ0v) is 16.2. The van der Waals surface area contributed by atoms with E-state index in [1.807, 2.05) is 18.2 Å². The molecule has 0 bridgehead atoms. The molecule has 0 saturated carbocycles. The molecule has 2 aliphatic rings. The molecule has 0 spiro atoms. The molecule has 2 aliphatic heterocycles. The van der Waals surface area contributed by atoms with Gasteiger partial charge in [0.2, 0.25) is 5.91 Å². The third kappa shape index (κ3) is 3.79. The van der Waals surface area contributed by atoms with E-state index in [9.17, 15) is 14.4 Å². The van der Waals surface area contributed by atoms with E-state index >= 15 is 0 Å². The summed E-state index contributed by atoms with van der Waals surface area (Å²) in [5.74, 6) is -0.664. The lowest BCUT2D eigenvalue weighted by Gasteiger charge is -2.37. The molecule has 26 heavy (non-hydrogen) atoms. The summed E-state index contributed by atoms with van der Waals surface area (Å²) in [7, 11) is 0. The summed E-state index contributed by atoms with van der Waals surface area (Å²) in [6, 6.07) is 6.62. The fourth-order valence-electron chi connectivity index (χ4n) is 3.21. The Hall–Kier alpha value is -1.83. The first-order valence-corrected chi connectivity index (χ1v) is 8.58. The number of rotatable bonds is 3. The Labute approximate surface area is 163 Å². The van der Waals surface area contributed by atoms with Crippen LogP contribution in [0.25, 0.3) is 0 Å². The van der Waals surface area contributed by atoms with E-state index in [2.05, 4.69) is 10.6 Å². The molecule has 2 fully saturated rings. The van der Waals surface area contributed by atoms with Crippen LogP contribution < -0.4 is 10.6 Å². The fourth-order valence-corrected chi connectivity index (χ4v) is 3.48. The van der Waals surface area contributed by atoms with Crippen LogP contribution in [0.15, 0.2) is 24.3 Å². The third-order valence-electron chi connectivity index (χ3n) is 4.57. The van der Waals surface area contributed by atoms with Gasteiger partial charge in [0.1, 0.15) is 12.1 Å². The molecule has 0 radical (unpaired) electrons. The lowest BCUT2D eigenvalue weighted by Crippen LogP contribution is -2.52.